The minimum Gasteiger partial charge on any atom is -0.493 e. The first-order valence-electron chi connectivity index (χ1n) is 15.6. The Morgan fingerprint density at radius 3 is 1.98 bits per heavy atom. The molecule has 0 amide bonds. The highest BCUT2D eigenvalue weighted by Crippen LogP contribution is 2.54. The number of allylic oxidation sites excluding steroid dienone is 1. The number of thiophene rings is 1. The van der Waals surface area contributed by atoms with Crippen LogP contribution in [-0.4, -0.2) is 24.8 Å². The van der Waals surface area contributed by atoms with Crippen LogP contribution in [0, 0.1) is 0 Å². The van der Waals surface area contributed by atoms with Crippen molar-refractivity contribution in [2.45, 2.75) is 46.0 Å². The zero-order valence-corrected chi connectivity index (χ0v) is 26.8. The lowest BCUT2D eigenvalue weighted by Gasteiger charge is -2.42. The normalized spacial score (nSPS) is 15.7. The molecule has 6 heteroatoms. The van der Waals surface area contributed by atoms with Gasteiger partial charge in [-0.3, -0.25) is 9.59 Å². The Morgan fingerprint density at radius 2 is 1.33 bits per heavy atom. The SMILES string of the molecule is CCCOc1cc(N2c3ccccc3C(C)(C)c3ccccc32)c(OCCC)cc1/C=C1/C(=O)c2cc3ccsc3cc2C1=O. The lowest BCUT2D eigenvalue weighted by Crippen LogP contribution is -2.30. The Kier molecular flexibility index (Phi) is 7.33. The van der Waals surface area contributed by atoms with Gasteiger partial charge < -0.3 is 14.4 Å². The molecular formula is C39H35NO4S. The minimum atomic E-state index is -0.259. The molecule has 1 aliphatic heterocycles. The number of fused-ring (bicyclic) bond motifs is 4. The van der Waals surface area contributed by atoms with Gasteiger partial charge in [0.15, 0.2) is 11.6 Å². The first-order chi connectivity index (χ1) is 21.8. The summed E-state index contributed by atoms with van der Waals surface area (Å²) in [5, 5.41) is 2.94. The number of benzene rings is 4. The lowest BCUT2D eigenvalue weighted by molar-refractivity contribution is 0.0990. The zero-order chi connectivity index (χ0) is 31.3. The van der Waals surface area contributed by atoms with Gasteiger partial charge >= 0.3 is 0 Å². The van der Waals surface area contributed by atoms with Crippen molar-refractivity contribution in [3.05, 3.63) is 118 Å². The van der Waals surface area contributed by atoms with E-state index < -0.39 is 0 Å². The summed E-state index contributed by atoms with van der Waals surface area (Å²) >= 11 is 1.56. The van der Waals surface area contributed by atoms with Crippen molar-refractivity contribution in [1.29, 1.82) is 0 Å². The summed E-state index contributed by atoms with van der Waals surface area (Å²) in [6.45, 7) is 9.67. The van der Waals surface area contributed by atoms with Gasteiger partial charge in [-0.05, 0) is 77.2 Å². The van der Waals surface area contributed by atoms with Gasteiger partial charge in [0.2, 0.25) is 0 Å². The lowest BCUT2D eigenvalue weighted by atomic mass is 9.73. The number of carbonyl (C=O) groups excluding carboxylic acids is 2. The molecule has 0 unspecified atom stereocenters. The summed E-state index contributed by atoms with van der Waals surface area (Å²) < 4.78 is 13.8. The van der Waals surface area contributed by atoms with Crippen molar-refractivity contribution in [1.82, 2.24) is 0 Å². The maximum absolute atomic E-state index is 13.6. The van der Waals surface area contributed by atoms with E-state index in [0.29, 0.717) is 41.4 Å². The van der Waals surface area contributed by atoms with E-state index in [9.17, 15) is 9.59 Å². The molecule has 2 aliphatic rings. The van der Waals surface area contributed by atoms with Crippen LogP contribution in [0.5, 0.6) is 11.5 Å². The smallest absolute Gasteiger partial charge is 0.197 e. The van der Waals surface area contributed by atoms with Crippen molar-refractivity contribution in [2.24, 2.45) is 0 Å². The second-order valence-corrected chi connectivity index (χ2v) is 13.1. The third kappa shape index (κ3) is 4.75. The van der Waals surface area contributed by atoms with E-state index >= 15 is 0 Å². The molecule has 45 heavy (non-hydrogen) atoms. The van der Waals surface area contributed by atoms with E-state index in [1.165, 1.54) is 11.1 Å². The average Bonchev–Trinajstić information content (AvgIpc) is 3.61. The molecule has 0 bridgehead atoms. The summed E-state index contributed by atoms with van der Waals surface area (Å²) in [6, 6.07) is 26.6. The van der Waals surface area contributed by atoms with E-state index in [4.69, 9.17) is 9.47 Å². The van der Waals surface area contributed by atoms with Crippen LogP contribution in [0.3, 0.4) is 0 Å². The van der Waals surface area contributed by atoms with Crippen LogP contribution < -0.4 is 14.4 Å². The molecular weight excluding hydrogens is 578 g/mol. The van der Waals surface area contributed by atoms with Gasteiger partial charge in [0, 0.05) is 32.9 Å². The van der Waals surface area contributed by atoms with Crippen molar-refractivity contribution in [3.8, 4) is 11.5 Å². The Bertz CT molecular complexity index is 1920. The van der Waals surface area contributed by atoms with Gasteiger partial charge in [0.25, 0.3) is 0 Å². The monoisotopic (exact) mass is 613 g/mol. The molecule has 7 rings (SSSR count). The molecule has 4 aromatic carbocycles. The summed E-state index contributed by atoms with van der Waals surface area (Å²) in [6.07, 6.45) is 3.32. The maximum atomic E-state index is 13.6. The molecule has 0 saturated heterocycles. The third-order valence-electron chi connectivity index (χ3n) is 8.76. The number of ketones is 2. The van der Waals surface area contributed by atoms with Gasteiger partial charge in [-0.1, -0.05) is 64.1 Å². The molecule has 0 spiro atoms. The first kappa shape index (κ1) is 29.1. The number of hydrogen-bond donors (Lipinski definition) is 0. The summed E-state index contributed by atoms with van der Waals surface area (Å²) in [5.74, 6) is 0.743. The molecule has 0 radical (unpaired) electrons. The quantitative estimate of drug-likeness (QED) is 0.129. The van der Waals surface area contributed by atoms with Crippen molar-refractivity contribution >= 4 is 56.1 Å². The van der Waals surface area contributed by atoms with E-state index in [0.717, 1.165) is 40.0 Å². The molecule has 1 aromatic heterocycles. The van der Waals surface area contributed by atoms with Crippen LogP contribution in [0.1, 0.15) is 77.9 Å². The topological polar surface area (TPSA) is 55.8 Å². The number of para-hydroxylation sites is 2. The highest BCUT2D eigenvalue weighted by atomic mass is 32.1. The van der Waals surface area contributed by atoms with Crippen LogP contribution in [0.4, 0.5) is 17.1 Å². The Labute approximate surface area is 267 Å². The fourth-order valence-electron chi connectivity index (χ4n) is 6.51. The number of nitrogens with zero attached hydrogens (tertiary/aromatic N) is 1. The van der Waals surface area contributed by atoms with Crippen LogP contribution in [0.2, 0.25) is 0 Å². The van der Waals surface area contributed by atoms with E-state index in [1.54, 1.807) is 17.4 Å². The van der Waals surface area contributed by atoms with Crippen LogP contribution >= 0.6 is 11.3 Å². The largest absolute Gasteiger partial charge is 0.493 e. The highest BCUT2D eigenvalue weighted by molar-refractivity contribution is 7.17. The van der Waals surface area contributed by atoms with Crippen molar-refractivity contribution in [2.75, 3.05) is 18.1 Å². The Hall–Kier alpha value is -4.68. The molecule has 5 nitrogen and oxygen atoms in total. The number of rotatable bonds is 8. The molecule has 0 N–H and O–H groups in total. The second kappa shape index (κ2) is 11.4. The van der Waals surface area contributed by atoms with E-state index in [1.807, 2.05) is 35.7 Å². The summed E-state index contributed by atoms with van der Waals surface area (Å²) in [7, 11) is 0. The van der Waals surface area contributed by atoms with Gasteiger partial charge in [-0.15, -0.1) is 11.3 Å². The fourth-order valence-corrected chi connectivity index (χ4v) is 7.32. The van der Waals surface area contributed by atoms with E-state index in [2.05, 4.69) is 81.1 Å². The van der Waals surface area contributed by atoms with Gasteiger partial charge in [0.05, 0.1) is 35.8 Å². The third-order valence-corrected chi connectivity index (χ3v) is 9.64. The van der Waals surface area contributed by atoms with Gasteiger partial charge in [-0.2, -0.15) is 0 Å². The highest BCUT2D eigenvalue weighted by Gasteiger charge is 2.38. The van der Waals surface area contributed by atoms with Crippen molar-refractivity contribution < 1.29 is 19.1 Å². The Balaban J connectivity index is 1.42. The van der Waals surface area contributed by atoms with Gasteiger partial charge in [0.1, 0.15) is 11.5 Å². The molecule has 1 aliphatic carbocycles. The van der Waals surface area contributed by atoms with E-state index in [-0.39, 0.29) is 22.6 Å². The van der Waals surface area contributed by atoms with Crippen LogP contribution in [-0.2, 0) is 5.41 Å². The predicted molar refractivity (Wildman–Crippen MR) is 183 cm³/mol. The average molecular weight is 614 g/mol. The standard InChI is InChI=1S/C39H35NO4S/c1-5-16-43-34-23-33(40-31-13-9-7-11-29(31)39(3,4)30-12-8-10-14-32(30)40)35(44-17-6-2)21-25(34)20-28-37(41)26-19-24-15-18-45-36(24)22-27(26)38(28)42/h7-15,18-23H,5-6,16-17H2,1-4H3/b28-20-. The Morgan fingerprint density at radius 1 is 0.733 bits per heavy atom. The molecule has 0 fully saturated rings. The van der Waals surface area contributed by atoms with Crippen LogP contribution in [0.25, 0.3) is 16.2 Å². The molecule has 2 heterocycles. The van der Waals surface area contributed by atoms with Crippen molar-refractivity contribution in [3.63, 3.8) is 0 Å². The fraction of sp³-hybridized carbons (Fsp3) is 0.231. The number of anilines is 3. The number of ether oxygens (including phenoxy) is 2. The second-order valence-electron chi connectivity index (χ2n) is 12.1. The van der Waals surface area contributed by atoms with Crippen LogP contribution in [0.15, 0.2) is 89.8 Å². The molecule has 226 valence electrons. The number of hydrogen-bond acceptors (Lipinski definition) is 6. The minimum absolute atomic E-state index is 0.147. The molecule has 0 atom stereocenters. The number of carbonyl (C=O) groups is 2. The number of Topliss-reactive ketones (excluding diaryl/α,β-unsaturated/α-hetero) is 2. The summed E-state index contributed by atoms with van der Waals surface area (Å²) in [5.41, 5.74) is 6.93. The zero-order valence-electron chi connectivity index (χ0n) is 26.0. The summed E-state index contributed by atoms with van der Waals surface area (Å²) in [4.78, 5) is 29.5. The molecule has 5 aromatic rings. The molecule has 0 saturated carbocycles. The van der Waals surface area contributed by atoms with Gasteiger partial charge in [-0.25, -0.2) is 0 Å². The first-order valence-corrected chi connectivity index (χ1v) is 16.5. The predicted octanol–water partition coefficient (Wildman–Crippen LogP) is 10.1. The maximum Gasteiger partial charge on any atom is 0.197 e.